The molecule has 2 amide bonds. The van der Waals surface area contributed by atoms with E-state index in [0.717, 1.165) is 12.2 Å². The lowest BCUT2D eigenvalue weighted by atomic mass is 10.3. The number of thioether (sulfide) groups is 1. The Kier molecular flexibility index (Phi) is 7.84. The number of aliphatic carboxylic acids is 1. The first-order chi connectivity index (χ1) is 7.11. The van der Waals surface area contributed by atoms with Gasteiger partial charge in [-0.05, 0) is 18.4 Å². The second-order valence-electron chi connectivity index (χ2n) is 2.82. The monoisotopic (exact) mass is 236 g/mol. The summed E-state index contributed by atoms with van der Waals surface area (Å²) < 4.78 is 0. The van der Waals surface area contributed by atoms with Crippen LogP contribution in [0.3, 0.4) is 0 Å². The minimum Gasteiger partial charge on any atom is -0.480 e. The molecule has 0 spiro atoms. The van der Waals surface area contributed by atoms with Crippen LogP contribution in [0, 0.1) is 0 Å². The third-order valence-electron chi connectivity index (χ3n) is 1.60. The number of carbonyl (C=O) groups is 2. The first-order valence-electron chi connectivity index (χ1n) is 4.48. The molecule has 1 unspecified atom stereocenters. The third-order valence-corrected chi connectivity index (χ3v) is 2.29. The third kappa shape index (κ3) is 7.03. The molecule has 0 aromatic rings. The highest BCUT2D eigenvalue weighted by Crippen LogP contribution is 1.93. The predicted octanol–water partition coefficient (Wildman–Crippen LogP) is -0.516. The van der Waals surface area contributed by atoms with Crippen LogP contribution >= 0.6 is 11.8 Å². The number of nitrogens with one attached hydrogen (secondary N) is 2. The molecular formula is C8H16N2O4S. The number of carboxylic acids is 1. The fraction of sp³-hybridized carbons (Fsp3) is 0.750. The molecule has 15 heavy (non-hydrogen) atoms. The van der Waals surface area contributed by atoms with Crippen molar-refractivity contribution in [3.8, 4) is 0 Å². The molecule has 0 rings (SSSR count). The lowest BCUT2D eigenvalue weighted by Gasteiger charge is -2.12. The van der Waals surface area contributed by atoms with Gasteiger partial charge in [0.15, 0.2) is 6.04 Å². The Bertz CT molecular complexity index is 213. The lowest BCUT2D eigenvalue weighted by molar-refractivity contribution is -0.140. The Hall–Kier alpha value is -0.950. The predicted molar refractivity (Wildman–Crippen MR) is 58.0 cm³/mol. The standard InChI is InChI=1S/C8H16N2O4S/c1-15-4-2-3-9-8(14)10-6(5-11)7(12)13/h6,11H,2-5H2,1H3,(H,12,13)(H2,9,10,14). The minimum atomic E-state index is -1.25. The van der Waals surface area contributed by atoms with Gasteiger partial charge in [-0.25, -0.2) is 9.59 Å². The van der Waals surface area contributed by atoms with Crippen LogP contribution in [0.25, 0.3) is 0 Å². The second kappa shape index (κ2) is 8.37. The molecule has 7 heteroatoms. The molecule has 0 aromatic heterocycles. The van der Waals surface area contributed by atoms with Gasteiger partial charge in [0.1, 0.15) is 0 Å². The fourth-order valence-electron chi connectivity index (χ4n) is 0.813. The van der Waals surface area contributed by atoms with Crippen molar-refractivity contribution in [1.82, 2.24) is 10.6 Å². The van der Waals surface area contributed by atoms with E-state index < -0.39 is 24.6 Å². The van der Waals surface area contributed by atoms with E-state index in [1.165, 1.54) is 0 Å². The molecule has 0 bridgehead atoms. The van der Waals surface area contributed by atoms with E-state index in [0.29, 0.717) is 6.54 Å². The van der Waals surface area contributed by atoms with Crippen molar-refractivity contribution in [2.45, 2.75) is 12.5 Å². The number of hydrogen-bond acceptors (Lipinski definition) is 4. The number of aliphatic hydroxyl groups is 1. The lowest BCUT2D eigenvalue weighted by Crippen LogP contribution is -2.48. The first kappa shape index (κ1) is 14.1. The summed E-state index contributed by atoms with van der Waals surface area (Å²) in [6, 6.07) is -1.82. The maximum absolute atomic E-state index is 11.1. The first-order valence-corrected chi connectivity index (χ1v) is 5.88. The molecule has 0 aliphatic heterocycles. The van der Waals surface area contributed by atoms with Gasteiger partial charge in [-0.15, -0.1) is 0 Å². The molecule has 1 atom stereocenters. The molecule has 0 fully saturated rings. The highest BCUT2D eigenvalue weighted by atomic mass is 32.2. The summed E-state index contributed by atoms with van der Waals surface area (Å²) in [7, 11) is 0. The Morgan fingerprint density at radius 1 is 1.47 bits per heavy atom. The molecule has 6 nitrogen and oxygen atoms in total. The van der Waals surface area contributed by atoms with Crippen molar-refractivity contribution in [2.75, 3.05) is 25.2 Å². The summed E-state index contributed by atoms with van der Waals surface area (Å²) in [5.74, 6) is -0.320. The van der Waals surface area contributed by atoms with Gasteiger partial charge in [0.05, 0.1) is 6.61 Å². The smallest absolute Gasteiger partial charge is 0.328 e. The number of carboxylic acid groups (broad SMARTS) is 1. The van der Waals surface area contributed by atoms with Crippen LogP contribution in [0.2, 0.25) is 0 Å². The van der Waals surface area contributed by atoms with Crippen LogP contribution in [0.5, 0.6) is 0 Å². The Morgan fingerprint density at radius 3 is 2.60 bits per heavy atom. The highest BCUT2D eigenvalue weighted by Gasteiger charge is 2.17. The molecular weight excluding hydrogens is 220 g/mol. The number of amides is 2. The van der Waals surface area contributed by atoms with E-state index in [9.17, 15) is 9.59 Å². The highest BCUT2D eigenvalue weighted by molar-refractivity contribution is 7.98. The number of urea groups is 1. The summed E-state index contributed by atoms with van der Waals surface area (Å²) in [5.41, 5.74) is 0. The van der Waals surface area contributed by atoms with Crippen LogP contribution in [0.1, 0.15) is 6.42 Å². The fourth-order valence-corrected chi connectivity index (χ4v) is 1.25. The van der Waals surface area contributed by atoms with E-state index in [4.69, 9.17) is 10.2 Å². The van der Waals surface area contributed by atoms with Crippen LogP contribution in [-0.4, -0.2) is 53.4 Å². The average Bonchev–Trinajstić information content (AvgIpc) is 2.20. The quantitative estimate of drug-likeness (QED) is 0.446. The van der Waals surface area contributed by atoms with Gasteiger partial charge in [-0.1, -0.05) is 0 Å². The summed E-state index contributed by atoms with van der Waals surface area (Å²) in [6.45, 7) is -0.127. The molecule has 0 saturated heterocycles. The van der Waals surface area contributed by atoms with Crippen molar-refractivity contribution in [3.63, 3.8) is 0 Å². The maximum atomic E-state index is 11.1. The topological polar surface area (TPSA) is 98.7 Å². The van der Waals surface area contributed by atoms with Gasteiger partial charge in [-0.3, -0.25) is 0 Å². The maximum Gasteiger partial charge on any atom is 0.328 e. The van der Waals surface area contributed by atoms with Gasteiger partial charge < -0.3 is 20.8 Å². The zero-order valence-electron chi connectivity index (χ0n) is 8.52. The number of hydrogen-bond donors (Lipinski definition) is 4. The van der Waals surface area contributed by atoms with Gasteiger partial charge in [0.25, 0.3) is 0 Å². The Morgan fingerprint density at radius 2 is 2.13 bits per heavy atom. The van der Waals surface area contributed by atoms with E-state index in [2.05, 4.69) is 10.6 Å². The minimum absolute atomic E-state index is 0.491. The summed E-state index contributed by atoms with van der Waals surface area (Å²) in [6.07, 6.45) is 2.79. The van der Waals surface area contributed by atoms with Crippen molar-refractivity contribution >= 4 is 23.8 Å². The largest absolute Gasteiger partial charge is 0.480 e. The Balaban J connectivity index is 3.67. The van der Waals surface area contributed by atoms with E-state index >= 15 is 0 Å². The van der Waals surface area contributed by atoms with Gasteiger partial charge >= 0.3 is 12.0 Å². The molecule has 0 heterocycles. The van der Waals surface area contributed by atoms with E-state index in [1.54, 1.807) is 11.8 Å². The SMILES string of the molecule is CSCCCNC(=O)NC(CO)C(=O)O. The molecule has 88 valence electrons. The van der Waals surface area contributed by atoms with Crippen LogP contribution in [0.4, 0.5) is 4.79 Å². The summed E-state index contributed by atoms with van der Waals surface area (Å²) in [4.78, 5) is 21.5. The van der Waals surface area contributed by atoms with Crippen LogP contribution in [0.15, 0.2) is 0 Å². The number of rotatable bonds is 7. The van der Waals surface area contributed by atoms with Crippen molar-refractivity contribution in [1.29, 1.82) is 0 Å². The van der Waals surface area contributed by atoms with Gasteiger partial charge in [0, 0.05) is 6.54 Å². The number of aliphatic hydroxyl groups excluding tert-OH is 1. The summed E-state index contributed by atoms with van der Waals surface area (Å²) in [5, 5.41) is 21.8. The van der Waals surface area contributed by atoms with Gasteiger partial charge in [0.2, 0.25) is 0 Å². The molecule has 0 aliphatic carbocycles. The van der Waals surface area contributed by atoms with E-state index in [1.807, 2.05) is 6.26 Å². The second-order valence-corrected chi connectivity index (χ2v) is 3.81. The zero-order chi connectivity index (χ0) is 11.7. The molecule has 0 radical (unpaired) electrons. The molecule has 0 aromatic carbocycles. The van der Waals surface area contributed by atoms with Gasteiger partial charge in [-0.2, -0.15) is 11.8 Å². The normalized spacial score (nSPS) is 11.9. The average molecular weight is 236 g/mol. The van der Waals surface area contributed by atoms with E-state index in [-0.39, 0.29) is 0 Å². The van der Waals surface area contributed by atoms with Crippen molar-refractivity contribution in [2.24, 2.45) is 0 Å². The molecule has 0 aliphatic rings. The summed E-state index contributed by atoms with van der Waals surface area (Å²) >= 11 is 1.67. The Labute approximate surface area is 92.4 Å². The molecule has 0 saturated carbocycles. The van der Waals surface area contributed by atoms with Crippen LogP contribution < -0.4 is 10.6 Å². The zero-order valence-corrected chi connectivity index (χ0v) is 9.34. The van der Waals surface area contributed by atoms with Crippen molar-refractivity contribution in [3.05, 3.63) is 0 Å². The number of carbonyl (C=O) groups excluding carboxylic acids is 1. The van der Waals surface area contributed by atoms with Crippen LogP contribution in [-0.2, 0) is 4.79 Å². The molecule has 4 N–H and O–H groups in total. The van der Waals surface area contributed by atoms with Crippen molar-refractivity contribution < 1.29 is 19.8 Å².